The van der Waals surface area contributed by atoms with Crippen LogP contribution in [0.5, 0.6) is 0 Å². The molecule has 2 N–H and O–H groups in total. The van der Waals surface area contributed by atoms with Crippen LogP contribution in [0.15, 0.2) is 41.1 Å². The molecule has 122 valence electrons. The van der Waals surface area contributed by atoms with Crippen LogP contribution in [0.25, 0.3) is 11.4 Å². The number of amides is 2. The lowest BCUT2D eigenvalue weighted by Gasteiger charge is -2.06. The van der Waals surface area contributed by atoms with Gasteiger partial charge in [0.05, 0.1) is 0 Å². The van der Waals surface area contributed by atoms with Crippen molar-refractivity contribution >= 4 is 28.8 Å². The van der Waals surface area contributed by atoms with Gasteiger partial charge in [-0.1, -0.05) is 6.07 Å². The van der Waals surface area contributed by atoms with Crippen molar-refractivity contribution in [3.8, 4) is 11.4 Å². The van der Waals surface area contributed by atoms with Crippen molar-refractivity contribution in [1.82, 2.24) is 25.5 Å². The molecule has 0 aliphatic rings. The molecule has 1 aromatic carbocycles. The minimum Gasteiger partial charge on any atom is -0.355 e. The Morgan fingerprint density at radius 3 is 2.92 bits per heavy atom. The van der Waals surface area contributed by atoms with Gasteiger partial charge in [0.1, 0.15) is 6.54 Å². The largest absolute Gasteiger partial charge is 0.355 e. The standard InChI is InChI=1S/C15H14N6O2S/c1-16-15(23)10-3-2-4-12(7-10)17-13(22)8-21-19-14(18-20-21)11-5-6-24-9-11/h2-7,9H,8H2,1H3,(H,16,23)(H,17,22). The molecule has 24 heavy (non-hydrogen) atoms. The molecule has 3 rings (SSSR count). The number of hydrogen-bond acceptors (Lipinski definition) is 6. The fraction of sp³-hybridized carbons (Fsp3) is 0.133. The molecule has 0 fully saturated rings. The third kappa shape index (κ3) is 3.63. The summed E-state index contributed by atoms with van der Waals surface area (Å²) < 4.78 is 0. The van der Waals surface area contributed by atoms with Crippen molar-refractivity contribution < 1.29 is 9.59 Å². The molecule has 0 aliphatic heterocycles. The SMILES string of the molecule is CNC(=O)c1cccc(NC(=O)Cn2nnc(-c3ccsc3)n2)c1. The minimum atomic E-state index is -0.307. The Kier molecular flexibility index (Phi) is 4.62. The lowest BCUT2D eigenvalue weighted by atomic mass is 10.2. The van der Waals surface area contributed by atoms with Crippen LogP contribution in [0.4, 0.5) is 5.69 Å². The van der Waals surface area contributed by atoms with E-state index in [4.69, 9.17) is 0 Å². The second kappa shape index (κ2) is 7.01. The van der Waals surface area contributed by atoms with Crippen LogP contribution in [-0.2, 0) is 11.3 Å². The summed E-state index contributed by atoms with van der Waals surface area (Å²) in [6, 6.07) is 8.55. The highest BCUT2D eigenvalue weighted by atomic mass is 32.1. The van der Waals surface area contributed by atoms with Crippen LogP contribution in [0.1, 0.15) is 10.4 Å². The Bertz CT molecular complexity index is 858. The fourth-order valence-electron chi connectivity index (χ4n) is 2.03. The first-order valence-electron chi connectivity index (χ1n) is 7.08. The second-order valence-electron chi connectivity index (χ2n) is 4.86. The van der Waals surface area contributed by atoms with Crippen LogP contribution in [0.3, 0.4) is 0 Å². The number of anilines is 1. The highest BCUT2D eigenvalue weighted by Crippen LogP contribution is 2.16. The molecule has 0 saturated carbocycles. The van der Waals surface area contributed by atoms with E-state index in [1.165, 1.54) is 16.1 Å². The fourth-order valence-corrected chi connectivity index (χ4v) is 2.66. The quantitative estimate of drug-likeness (QED) is 0.730. The van der Waals surface area contributed by atoms with Crippen LogP contribution < -0.4 is 10.6 Å². The van der Waals surface area contributed by atoms with E-state index in [0.717, 1.165) is 5.56 Å². The second-order valence-corrected chi connectivity index (χ2v) is 5.64. The van der Waals surface area contributed by atoms with Gasteiger partial charge in [0.2, 0.25) is 11.7 Å². The van der Waals surface area contributed by atoms with E-state index in [2.05, 4.69) is 26.0 Å². The molecule has 2 amide bonds. The predicted molar refractivity (Wildman–Crippen MR) is 89.6 cm³/mol. The maximum absolute atomic E-state index is 12.1. The van der Waals surface area contributed by atoms with Crippen LogP contribution in [0.2, 0.25) is 0 Å². The molecule has 9 heteroatoms. The summed E-state index contributed by atoms with van der Waals surface area (Å²) in [5.41, 5.74) is 1.86. The first kappa shape index (κ1) is 15.8. The van der Waals surface area contributed by atoms with E-state index in [0.29, 0.717) is 17.1 Å². The minimum absolute atomic E-state index is 0.0681. The Morgan fingerprint density at radius 1 is 1.29 bits per heavy atom. The summed E-state index contributed by atoms with van der Waals surface area (Å²) in [7, 11) is 1.55. The topological polar surface area (TPSA) is 102 Å². The summed E-state index contributed by atoms with van der Waals surface area (Å²) in [6.07, 6.45) is 0. The lowest BCUT2D eigenvalue weighted by molar-refractivity contribution is -0.117. The van der Waals surface area contributed by atoms with Gasteiger partial charge in [-0.3, -0.25) is 9.59 Å². The smallest absolute Gasteiger partial charge is 0.251 e. The molecule has 0 bridgehead atoms. The lowest BCUT2D eigenvalue weighted by Crippen LogP contribution is -2.21. The van der Waals surface area contributed by atoms with Crippen LogP contribution in [-0.4, -0.2) is 39.1 Å². The molecule has 8 nitrogen and oxygen atoms in total. The number of benzene rings is 1. The van der Waals surface area contributed by atoms with E-state index >= 15 is 0 Å². The highest BCUT2D eigenvalue weighted by Gasteiger charge is 2.11. The van der Waals surface area contributed by atoms with E-state index < -0.39 is 0 Å². The van der Waals surface area contributed by atoms with Gasteiger partial charge in [0.25, 0.3) is 5.91 Å². The van der Waals surface area contributed by atoms with Crippen molar-refractivity contribution in [1.29, 1.82) is 0 Å². The molecule has 2 aromatic heterocycles. The number of rotatable bonds is 5. The number of carbonyl (C=O) groups is 2. The number of nitrogens with zero attached hydrogens (tertiary/aromatic N) is 4. The van der Waals surface area contributed by atoms with Crippen molar-refractivity contribution in [2.24, 2.45) is 0 Å². The molecular formula is C15H14N6O2S. The van der Waals surface area contributed by atoms with Gasteiger partial charge in [-0.05, 0) is 34.9 Å². The monoisotopic (exact) mass is 342 g/mol. The van der Waals surface area contributed by atoms with E-state index in [1.54, 1.807) is 31.3 Å². The van der Waals surface area contributed by atoms with Crippen LogP contribution in [0, 0.1) is 0 Å². The molecule has 0 radical (unpaired) electrons. The number of carbonyl (C=O) groups excluding carboxylic acids is 2. The van der Waals surface area contributed by atoms with E-state index in [1.807, 2.05) is 16.8 Å². The average molecular weight is 342 g/mol. The third-order valence-corrected chi connectivity index (χ3v) is 3.84. The molecule has 3 aromatic rings. The molecular weight excluding hydrogens is 328 g/mol. The maximum atomic E-state index is 12.1. The van der Waals surface area contributed by atoms with Gasteiger partial charge in [0, 0.05) is 29.2 Å². The average Bonchev–Trinajstić information content (AvgIpc) is 3.25. The van der Waals surface area contributed by atoms with Gasteiger partial charge in [0.15, 0.2) is 0 Å². The number of nitrogens with one attached hydrogen (secondary N) is 2. The molecule has 0 saturated heterocycles. The number of thiophene rings is 1. The van der Waals surface area contributed by atoms with Crippen molar-refractivity contribution in [2.75, 3.05) is 12.4 Å². The zero-order valence-corrected chi connectivity index (χ0v) is 13.6. The molecule has 0 spiro atoms. The molecule has 0 aliphatic carbocycles. The Hall–Kier alpha value is -3.07. The Balaban J connectivity index is 1.65. The summed E-state index contributed by atoms with van der Waals surface area (Å²) in [5, 5.41) is 21.0. The first-order chi connectivity index (χ1) is 11.7. The normalized spacial score (nSPS) is 10.4. The third-order valence-electron chi connectivity index (χ3n) is 3.15. The van der Waals surface area contributed by atoms with Gasteiger partial charge >= 0.3 is 0 Å². The number of tetrazole rings is 1. The van der Waals surface area contributed by atoms with Crippen molar-refractivity contribution in [3.63, 3.8) is 0 Å². The predicted octanol–water partition coefficient (Wildman–Crippen LogP) is 1.40. The summed E-state index contributed by atoms with van der Waals surface area (Å²) >= 11 is 1.54. The number of hydrogen-bond donors (Lipinski definition) is 2. The highest BCUT2D eigenvalue weighted by molar-refractivity contribution is 7.08. The van der Waals surface area contributed by atoms with Gasteiger partial charge < -0.3 is 10.6 Å². The van der Waals surface area contributed by atoms with Crippen molar-refractivity contribution in [3.05, 3.63) is 46.7 Å². The first-order valence-corrected chi connectivity index (χ1v) is 8.02. The summed E-state index contributed by atoms with van der Waals surface area (Å²) in [5.74, 6) is -0.0477. The van der Waals surface area contributed by atoms with E-state index in [9.17, 15) is 9.59 Å². The molecule has 0 atom stereocenters. The Morgan fingerprint density at radius 2 is 2.17 bits per heavy atom. The zero-order valence-electron chi connectivity index (χ0n) is 12.8. The maximum Gasteiger partial charge on any atom is 0.251 e. The van der Waals surface area contributed by atoms with Crippen molar-refractivity contribution in [2.45, 2.75) is 6.54 Å². The molecule has 0 unspecified atom stereocenters. The van der Waals surface area contributed by atoms with Crippen LogP contribution >= 0.6 is 11.3 Å². The summed E-state index contributed by atoms with van der Waals surface area (Å²) in [4.78, 5) is 24.9. The van der Waals surface area contributed by atoms with E-state index in [-0.39, 0.29) is 18.4 Å². The Labute approximate surface area is 141 Å². The summed E-state index contributed by atoms with van der Waals surface area (Å²) in [6.45, 7) is -0.0681. The van der Waals surface area contributed by atoms with Gasteiger partial charge in [-0.25, -0.2) is 0 Å². The number of aromatic nitrogens is 4. The van der Waals surface area contributed by atoms with Gasteiger partial charge in [-0.15, -0.1) is 10.2 Å². The zero-order chi connectivity index (χ0) is 16.9. The molecule has 2 heterocycles. The van der Waals surface area contributed by atoms with Gasteiger partial charge in [-0.2, -0.15) is 16.1 Å².